The standard InChI is InChI=1S/C13H26N2O2S/c1-15(11-8-12-6-9-14-10-7-12)18(16,17)13-4-2-3-5-13/h12-14H,2-11H2,1H3. The molecule has 1 heterocycles. The van der Waals surface area contributed by atoms with E-state index in [2.05, 4.69) is 5.32 Å². The van der Waals surface area contributed by atoms with Crippen molar-refractivity contribution in [1.82, 2.24) is 9.62 Å². The molecule has 106 valence electrons. The minimum atomic E-state index is -3.02. The Hall–Kier alpha value is -0.130. The summed E-state index contributed by atoms with van der Waals surface area (Å²) in [5, 5.41) is 3.24. The molecule has 0 amide bonds. The van der Waals surface area contributed by atoms with Crippen molar-refractivity contribution >= 4 is 10.0 Å². The van der Waals surface area contributed by atoms with Crippen LogP contribution in [-0.4, -0.2) is 44.7 Å². The molecule has 2 fully saturated rings. The van der Waals surface area contributed by atoms with Gasteiger partial charge in [-0.1, -0.05) is 12.8 Å². The van der Waals surface area contributed by atoms with Crippen LogP contribution in [0.1, 0.15) is 44.9 Å². The molecule has 2 aliphatic rings. The van der Waals surface area contributed by atoms with Crippen molar-refractivity contribution in [2.24, 2.45) is 5.92 Å². The first-order valence-corrected chi connectivity index (χ1v) is 8.77. The van der Waals surface area contributed by atoms with Gasteiger partial charge in [0.15, 0.2) is 0 Å². The van der Waals surface area contributed by atoms with E-state index in [0.717, 1.165) is 45.2 Å². The Labute approximate surface area is 111 Å². The minimum Gasteiger partial charge on any atom is -0.317 e. The molecule has 1 saturated carbocycles. The highest BCUT2D eigenvalue weighted by molar-refractivity contribution is 7.89. The van der Waals surface area contributed by atoms with Gasteiger partial charge in [0, 0.05) is 13.6 Å². The van der Waals surface area contributed by atoms with E-state index in [1.165, 1.54) is 12.8 Å². The Morgan fingerprint density at radius 2 is 1.72 bits per heavy atom. The van der Waals surface area contributed by atoms with E-state index in [1.54, 1.807) is 11.4 Å². The third kappa shape index (κ3) is 3.45. The molecular weight excluding hydrogens is 248 g/mol. The van der Waals surface area contributed by atoms with E-state index in [9.17, 15) is 8.42 Å². The molecule has 0 radical (unpaired) electrons. The van der Waals surface area contributed by atoms with Gasteiger partial charge < -0.3 is 5.32 Å². The van der Waals surface area contributed by atoms with Crippen LogP contribution in [0.4, 0.5) is 0 Å². The van der Waals surface area contributed by atoms with Gasteiger partial charge >= 0.3 is 0 Å². The number of sulfonamides is 1. The summed E-state index contributed by atoms with van der Waals surface area (Å²) in [7, 11) is -1.26. The Morgan fingerprint density at radius 1 is 1.11 bits per heavy atom. The van der Waals surface area contributed by atoms with Crippen LogP contribution in [0.5, 0.6) is 0 Å². The van der Waals surface area contributed by atoms with Crippen molar-refractivity contribution in [3.63, 3.8) is 0 Å². The number of nitrogens with zero attached hydrogens (tertiary/aromatic N) is 1. The second-order valence-electron chi connectivity index (χ2n) is 5.75. The molecule has 0 spiro atoms. The van der Waals surface area contributed by atoms with Gasteiger partial charge in [0.25, 0.3) is 0 Å². The van der Waals surface area contributed by atoms with Crippen LogP contribution in [0.2, 0.25) is 0 Å². The first-order chi connectivity index (χ1) is 8.60. The van der Waals surface area contributed by atoms with E-state index in [-0.39, 0.29) is 5.25 Å². The number of nitrogens with one attached hydrogen (secondary N) is 1. The van der Waals surface area contributed by atoms with Gasteiger partial charge in [0.2, 0.25) is 10.0 Å². The van der Waals surface area contributed by atoms with Crippen molar-refractivity contribution in [2.75, 3.05) is 26.7 Å². The van der Waals surface area contributed by atoms with E-state index in [4.69, 9.17) is 0 Å². The lowest BCUT2D eigenvalue weighted by Crippen LogP contribution is -2.37. The molecule has 1 aliphatic heterocycles. The SMILES string of the molecule is CN(CCC1CCNCC1)S(=O)(=O)C1CCCC1. The van der Waals surface area contributed by atoms with Crippen molar-refractivity contribution in [2.45, 2.75) is 50.2 Å². The number of hydrogen-bond donors (Lipinski definition) is 1. The molecule has 4 nitrogen and oxygen atoms in total. The Morgan fingerprint density at radius 3 is 2.33 bits per heavy atom. The molecule has 0 aromatic carbocycles. The molecular formula is C13H26N2O2S. The maximum absolute atomic E-state index is 12.3. The fourth-order valence-corrected chi connectivity index (χ4v) is 4.90. The average Bonchev–Trinajstić information content (AvgIpc) is 2.91. The van der Waals surface area contributed by atoms with Crippen molar-refractivity contribution in [3.05, 3.63) is 0 Å². The van der Waals surface area contributed by atoms with Crippen molar-refractivity contribution in [1.29, 1.82) is 0 Å². The maximum Gasteiger partial charge on any atom is 0.216 e. The zero-order valence-corrected chi connectivity index (χ0v) is 12.2. The van der Waals surface area contributed by atoms with Crippen LogP contribution in [-0.2, 0) is 10.0 Å². The van der Waals surface area contributed by atoms with Gasteiger partial charge in [-0.05, 0) is 51.1 Å². The fraction of sp³-hybridized carbons (Fsp3) is 1.00. The molecule has 0 aromatic rings. The van der Waals surface area contributed by atoms with Gasteiger partial charge in [-0.25, -0.2) is 12.7 Å². The zero-order chi connectivity index (χ0) is 13.0. The summed E-state index contributed by atoms with van der Waals surface area (Å²) in [5.74, 6) is 0.701. The van der Waals surface area contributed by atoms with Gasteiger partial charge in [-0.2, -0.15) is 0 Å². The van der Waals surface area contributed by atoms with Crippen LogP contribution in [0.25, 0.3) is 0 Å². The summed E-state index contributed by atoms with van der Waals surface area (Å²) in [6, 6.07) is 0. The van der Waals surface area contributed by atoms with Gasteiger partial charge in [0.1, 0.15) is 0 Å². The van der Waals surface area contributed by atoms with Gasteiger partial charge in [-0.3, -0.25) is 0 Å². The highest BCUT2D eigenvalue weighted by Gasteiger charge is 2.32. The fourth-order valence-electron chi connectivity index (χ4n) is 3.10. The predicted octanol–water partition coefficient (Wildman–Crippen LogP) is 1.58. The molecule has 1 saturated heterocycles. The highest BCUT2D eigenvalue weighted by Crippen LogP contribution is 2.27. The van der Waals surface area contributed by atoms with E-state index >= 15 is 0 Å². The zero-order valence-electron chi connectivity index (χ0n) is 11.4. The topological polar surface area (TPSA) is 49.4 Å². The van der Waals surface area contributed by atoms with Crippen LogP contribution in [0.15, 0.2) is 0 Å². The second-order valence-corrected chi connectivity index (χ2v) is 8.07. The maximum atomic E-state index is 12.3. The van der Waals surface area contributed by atoms with E-state index < -0.39 is 10.0 Å². The number of rotatable bonds is 5. The molecule has 1 N–H and O–H groups in total. The third-order valence-electron chi connectivity index (χ3n) is 4.47. The molecule has 2 rings (SSSR count). The lowest BCUT2D eigenvalue weighted by Gasteiger charge is -2.26. The molecule has 1 aliphatic carbocycles. The average molecular weight is 274 g/mol. The Balaban J connectivity index is 1.80. The van der Waals surface area contributed by atoms with E-state index in [1.807, 2.05) is 0 Å². The Kier molecular flexibility index (Phi) is 5.04. The first-order valence-electron chi connectivity index (χ1n) is 7.26. The molecule has 0 atom stereocenters. The second kappa shape index (κ2) is 6.35. The Bertz CT molecular complexity index is 344. The minimum absolute atomic E-state index is 0.101. The summed E-state index contributed by atoms with van der Waals surface area (Å²) < 4.78 is 26.3. The molecule has 18 heavy (non-hydrogen) atoms. The summed E-state index contributed by atoms with van der Waals surface area (Å²) in [6.07, 6.45) is 7.27. The number of piperidine rings is 1. The van der Waals surface area contributed by atoms with Gasteiger partial charge in [-0.15, -0.1) is 0 Å². The number of hydrogen-bond acceptors (Lipinski definition) is 3. The quantitative estimate of drug-likeness (QED) is 0.828. The third-order valence-corrected chi connectivity index (χ3v) is 6.83. The van der Waals surface area contributed by atoms with Crippen LogP contribution >= 0.6 is 0 Å². The monoisotopic (exact) mass is 274 g/mol. The predicted molar refractivity (Wildman–Crippen MR) is 74.0 cm³/mol. The van der Waals surface area contributed by atoms with Crippen LogP contribution in [0.3, 0.4) is 0 Å². The summed E-state index contributed by atoms with van der Waals surface area (Å²) in [6.45, 7) is 2.87. The highest BCUT2D eigenvalue weighted by atomic mass is 32.2. The normalized spacial score (nSPS) is 23.9. The summed E-state index contributed by atoms with van der Waals surface area (Å²) >= 11 is 0. The molecule has 0 unspecified atom stereocenters. The van der Waals surface area contributed by atoms with Gasteiger partial charge in [0.05, 0.1) is 5.25 Å². The van der Waals surface area contributed by atoms with Crippen molar-refractivity contribution < 1.29 is 8.42 Å². The summed E-state index contributed by atoms with van der Waals surface area (Å²) in [4.78, 5) is 0. The lowest BCUT2D eigenvalue weighted by molar-refractivity contribution is 0.324. The van der Waals surface area contributed by atoms with Crippen LogP contribution in [0, 0.1) is 5.92 Å². The van der Waals surface area contributed by atoms with Crippen LogP contribution < -0.4 is 5.32 Å². The summed E-state index contributed by atoms with van der Waals surface area (Å²) in [5.41, 5.74) is 0. The van der Waals surface area contributed by atoms with E-state index in [0.29, 0.717) is 12.5 Å². The largest absolute Gasteiger partial charge is 0.317 e. The van der Waals surface area contributed by atoms with Crippen molar-refractivity contribution in [3.8, 4) is 0 Å². The smallest absolute Gasteiger partial charge is 0.216 e. The first kappa shape index (κ1) is 14.3. The molecule has 5 heteroatoms. The molecule has 0 aromatic heterocycles. The molecule has 0 bridgehead atoms. The lowest BCUT2D eigenvalue weighted by atomic mass is 9.95.